The van der Waals surface area contributed by atoms with Gasteiger partial charge in [-0.25, -0.2) is 0 Å². The van der Waals surface area contributed by atoms with Crippen molar-refractivity contribution < 1.29 is 19.9 Å². The Balaban J connectivity index is 3.69. The molecule has 0 saturated carbocycles. The Bertz CT molecular complexity index is 337. The van der Waals surface area contributed by atoms with Crippen LogP contribution in [0.5, 0.6) is 0 Å². The molecule has 0 aromatic carbocycles. The van der Waals surface area contributed by atoms with E-state index in [-0.39, 0.29) is 12.5 Å². The highest BCUT2D eigenvalue weighted by Gasteiger charge is 2.13. The summed E-state index contributed by atoms with van der Waals surface area (Å²) in [5, 5.41) is 18.7. The Morgan fingerprint density at radius 2 is 1.38 bits per heavy atom. The standard InChI is InChI=1S/C18H36N2O4/c1-3-5-6-7-8-9-10-11-12-13-17(21)19(4-2)14-15-20(24)16-18(22)23/h24H,3-16H2,1-2H3,(H,22,23). The van der Waals surface area contributed by atoms with Crippen molar-refractivity contribution in [2.75, 3.05) is 26.2 Å². The van der Waals surface area contributed by atoms with Crippen LogP contribution in [0.4, 0.5) is 0 Å². The summed E-state index contributed by atoms with van der Waals surface area (Å²) >= 11 is 0. The van der Waals surface area contributed by atoms with Crippen LogP contribution in [0.25, 0.3) is 0 Å². The third kappa shape index (κ3) is 13.3. The smallest absolute Gasteiger partial charge is 0.320 e. The van der Waals surface area contributed by atoms with Gasteiger partial charge in [-0.05, 0) is 13.3 Å². The minimum absolute atomic E-state index is 0.0872. The Morgan fingerprint density at radius 1 is 0.833 bits per heavy atom. The van der Waals surface area contributed by atoms with Crippen LogP contribution >= 0.6 is 0 Å². The summed E-state index contributed by atoms with van der Waals surface area (Å²) in [7, 11) is 0. The zero-order chi connectivity index (χ0) is 18.2. The van der Waals surface area contributed by atoms with Crippen molar-refractivity contribution in [2.24, 2.45) is 0 Å². The summed E-state index contributed by atoms with van der Waals surface area (Å²) in [5.74, 6) is -0.995. The first kappa shape index (κ1) is 22.9. The number of carbonyl (C=O) groups excluding carboxylic acids is 1. The lowest BCUT2D eigenvalue weighted by Crippen LogP contribution is -2.39. The topological polar surface area (TPSA) is 81.1 Å². The largest absolute Gasteiger partial charge is 0.480 e. The molecule has 0 aliphatic rings. The SMILES string of the molecule is CCCCCCCCCCCC(=O)N(CC)CCN(O)CC(=O)O. The van der Waals surface area contributed by atoms with Gasteiger partial charge >= 0.3 is 5.97 Å². The first-order valence-electron chi connectivity index (χ1n) is 9.44. The van der Waals surface area contributed by atoms with Crippen molar-refractivity contribution in [1.29, 1.82) is 0 Å². The Morgan fingerprint density at radius 3 is 1.88 bits per heavy atom. The number of carbonyl (C=O) groups is 2. The lowest BCUT2D eigenvalue weighted by Gasteiger charge is -2.23. The third-order valence-corrected chi connectivity index (χ3v) is 4.17. The molecule has 142 valence electrons. The van der Waals surface area contributed by atoms with Crippen LogP contribution in [-0.2, 0) is 9.59 Å². The highest BCUT2D eigenvalue weighted by Crippen LogP contribution is 2.11. The summed E-state index contributed by atoms with van der Waals surface area (Å²) in [4.78, 5) is 24.3. The van der Waals surface area contributed by atoms with Crippen LogP contribution in [0.15, 0.2) is 0 Å². The van der Waals surface area contributed by atoms with Crippen LogP contribution < -0.4 is 0 Å². The Kier molecular flexibility index (Phi) is 14.7. The van der Waals surface area contributed by atoms with Crippen molar-refractivity contribution in [1.82, 2.24) is 9.96 Å². The number of rotatable bonds is 16. The fourth-order valence-corrected chi connectivity index (χ4v) is 2.68. The van der Waals surface area contributed by atoms with Crippen LogP contribution in [0.3, 0.4) is 0 Å². The highest BCUT2D eigenvalue weighted by molar-refractivity contribution is 5.76. The van der Waals surface area contributed by atoms with Gasteiger partial charge < -0.3 is 15.2 Å². The Hall–Kier alpha value is -1.14. The fraction of sp³-hybridized carbons (Fsp3) is 0.889. The molecule has 0 aromatic heterocycles. The van der Waals surface area contributed by atoms with Gasteiger partial charge in [0.25, 0.3) is 0 Å². The number of carboxylic acids is 1. The number of hydroxylamine groups is 2. The quantitative estimate of drug-likeness (QED) is 0.331. The van der Waals surface area contributed by atoms with E-state index in [1.807, 2.05) is 6.92 Å². The summed E-state index contributed by atoms with van der Waals surface area (Å²) in [6.45, 7) is 4.79. The van der Waals surface area contributed by atoms with Gasteiger partial charge in [0, 0.05) is 26.1 Å². The molecule has 0 unspecified atom stereocenters. The third-order valence-electron chi connectivity index (χ3n) is 4.17. The maximum atomic E-state index is 12.1. The number of carboxylic acid groups (broad SMARTS) is 1. The van der Waals surface area contributed by atoms with Crippen LogP contribution in [0, 0.1) is 0 Å². The number of hydrogen-bond donors (Lipinski definition) is 2. The summed E-state index contributed by atoms with van der Waals surface area (Å²) < 4.78 is 0. The molecule has 24 heavy (non-hydrogen) atoms. The molecular formula is C18H36N2O4. The van der Waals surface area contributed by atoms with Gasteiger partial charge in [0.2, 0.25) is 5.91 Å². The second-order valence-electron chi connectivity index (χ2n) is 6.33. The zero-order valence-corrected chi connectivity index (χ0v) is 15.5. The second-order valence-corrected chi connectivity index (χ2v) is 6.33. The van der Waals surface area contributed by atoms with Crippen LogP contribution in [0.2, 0.25) is 0 Å². The van der Waals surface area contributed by atoms with Gasteiger partial charge in [-0.15, -0.1) is 0 Å². The maximum absolute atomic E-state index is 12.1. The molecule has 2 N–H and O–H groups in total. The van der Waals surface area contributed by atoms with E-state index in [0.717, 1.165) is 17.9 Å². The van der Waals surface area contributed by atoms with E-state index in [0.29, 0.717) is 19.5 Å². The second kappa shape index (κ2) is 15.4. The van der Waals surface area contributed by atoms with E-state index >= 15 is 0 Å². The number of unbranched alkanes of at least 4 members (excludes halogenated alkanes) is 8. The molecule has 0 spiro atoms. The molecule has 0 aliphatic carbocycles. The average molecular weight is 344 g/mol. The van der Waals surface area contributed by atoms with Gasteiger partial charge in [0.1, 0.15) is 6.54 Å². The Labute approximate surface area is 146 Å². The molecule has 0 aromatic rings. The first-order chi connectivity index (χ1) is 11.5. The van der Waals surface area contributed by atoms with Crippen molar-refractivity contribution >= 4 is 11.9 Å². The number of aliphatic carboxylic acids is 1. The predicted molar refractivity (Wildman–Crippen MR) is 95.1 cm³/mol. The minimum Gasteiger partial charge on any atom is -0.480 e. The number of hydrogen-bond acceptors (Lipinski definition) is 4. The van der Waals surface area contributed by atoms with Gasteiger partial charge in [0.05, 0.1) is 0 Å². The van der Waals surface area contributed by atoms with E-state index in [1.165, 1.54) is 44.9 Å². The van der Waals surface area contributed by atoms with E-state index in [1.54, 1.807) is 4.90 Å². The van der Waals surface area contributed by atoms with E-state index in [4.69, 9.17) is 5.11 Å². The van der Waals surface area contributed by atoms with Crippen molar-refractivity contribution in [3.05, 3.63) is 0 Å². The molecule has 6 heteroatoms. The lowest BCUT2D eigenvalue weighted by molar-refractivity contribution is -0.154. The number of likely N-dealkylation sites (N-methyl/N-ethyl adjacent to an activating group) is 1. The monoisotopic (exact) mass is 344 g/mol. The van der Waals surface area contributed by atoms with Gasteiger partial charge in [-0.3, -0.25) is 9.59 Å². The zero-order valence-electron chi connectivity index (χ0n) is 15.5. The van der Waals surface area contributed by atoms with E-state index in [2.05, 4.69) is 6.92 Å². The molecule has 0 bridgehead atoms. The molecule has 0 radical (unpaired) electrons. The van der Waals surface area contributed by atoms with E-state index < -0.39 is 12.5 Å². The predicted octanol–water partition coefficient (Wildman–Crippen LogP) is 3.53. The molecule has 6 nitrogen and oxygen atoms in total. The van der Waals surface area contributed by atoms with Gasteiger partial charge in [0.15, 0.2) is 0 Å². The van der Waals surface area contributed by atoms with Crippen LogP contribution in [-0.4, -0.2) is 58.3 Å². The average Bonchev–Trinajstić information content (AvgIpc) is 2.53. The molecule has 0 aliphatic heterocycles. The molecule has 0 fully saturated rings. The van der Waals surface area contributed by atoms with Crippen molar-refractivity contribution in [2.45, 2.75) is 78.1 Å². The van der Waals surface area contributed by atoms with E-state index in [9.17, 15) is 14.8 Å². The summed E-state index contributed by atoms with van der Waals surface area (Å²) in [6.07, 6.45) is 11.5. The normalized spacial score (nSPS) is 11.0. The van der Waals surface area contributed by atoms with Crippen molar-refractivity contribution in [3.63, 3.8) is 0 Å². The number of nitrogens with zero attached hydrogens (tertiary/aromatic N) is 2. The van der Waals surface area contributed by atoms with Gasteiger partial charge in [-0.2, -0.15) is 5.06 Å². The van der Waals surface area contributed by atoms with Crippen LogP contribution in [0.1, 0.15) is 78.1 Å². The summed E-state index contributed by atoms with van der Waals surface area (Å²) in [6, 6.07) is 0. The number of amides is 1. The highest BCUT2D eigenvalue weighted by atomic mass is 16.5. The fourth-order valence-electron chi connectivity index (χ4n) is 2.68. The molecule has 0 heterocycles. The molecule has 1 amide bonds. The molecule has 0 rings (SSSR count). The first-order valence-corrected chi connectivity index (χ1v) is 9.44. The molecular weight excluding hydrogens is 308 g/mol. The summed E-state index contributed by atoms with van der Waals surface area (Å²) in [5.41, 5.74) is 0. The maximum Gasteiger partial charge on any atom is 0.320 e. The minimum atomic E-state index is -1.08. The lowest BCUT2D eigenvalue weighted by atomic mass is 10.1. The molecule has 0 atom stereocenters. The van der Waals surface area contributed by atoms with Gasteiger partial charge in [-0.1, -0.05) is 58.3 Å². The molecule has 0 saturated heterocycles. The van der Waals surface area contributed by atoms with Crippen molar-refractivity contribution in [3.8, 4) is 0 Å².